The van der Waals surface area contributed by atoms with Gasteiger partial charge in [-0.15, -0.1) is 0 Å². The standard InChI is InChI=1S/C30H24N6O4S/c1-18(37)35-22-17-11-10-16-21(22)23(25(35)38)24-26(39)36-27(41-24)31-29(19-12-6-4-7-13-19)30(32-36,20-14-8-5-9-15-20)34(3)28(40)33(29)2/h4-17,32H,1-3H3. The van der Waals surface area contributed by atoms with Crippen LogP contribution in [0.15, 0.2) is 94.7 Å². The summed E-state index contributed by atoms with van der Waals surface area (Å²) in [6.07, 6.45) is 0. The molecule has 1 fully saturated rings. The smallest absolute Gasteiger partial charge is 0.295 e. The number of thiazole rings is 1. The number of para-hydroxylation sites is 1. The van der Waals surface area contributed by atoms with Crippen LogP contribution in [0.3, 0.4) is 0 Å². The SMILES string of the molecule is CC(=O)N1C(=O)C(=c2sc3n(c2=O)NC2(c4ccccc4)N(C)C(=O)N(C)C2(c2ccccc2)N=3)c2ccccc21. The molecule has 4 amide bonds. The summed E-state index contributed by atoms with van der Waals surface area (Å²) in [5.74, 6) is -1.00. The first-order chi connectivity index (χ1) is 19.7. The average Bonchev–Trinajstić information content (AvgIpc) is 3.52. The van der Waals surface area contributed by atoms with Gasteiger partial charge in [-0.1, -0.05) is 90.2 Å². The molecule has 0 bridgehead atoms. The van der Waals surface area contributed by atoms with Crippen LogP contribution >= 0.6 is 11.3 Å². The van der Waals surface area contributed by atoms with Crippen LogP contribution in [0.4, 0.5) is 10.5 Å². The van der Waals surface area contributed by atoms with Crippen molar-refractivity contribution in [1.29, 1.82) is 0 Å². The van der Waals surface area contributed by atoms with Crippen molar-refractivity contribution in [2.24, 2.45) is 4.99 Å². The number of rotatable bonds is 2. The van der Waals surface area contributed by atoms with Gasteiger partial charge in [-0.05, 0) is 6.07 Å². The fourth-order valence-corrected chi connectivity index (χ4v) is 7.37. The lowest BCUT2D eigenvalue weighted by Crippen LogP contribution is -2.67. The summed E-state index contributed by atoms with van der Waals surface area (Å²) >= 11 is 1.05. The van der Waals surface area contributed by atoms with Gasteiger partial charge in [-0.2, -0.15) is 4.68 Å². The number of nitrogens with zero attached hydrogens (tertiary/aromatic N) is 5. The number of hydrogen-bond donors (Lipinski definition) is 1. The predicted octanol–water partition coefficient (Wildman–Crippen LogP) is 1.88. The Morgan fingerprint density at radius 2 is 1.44 bits per heavy atom. The van der Waals surface area contributed by atoms with Gasteiger partial charge >= 0.3 is 6.03 Å². The van der Waals surface area contributed by atoms with Crippen LogP contribution in [-0.2, 0) is 20.9 Å². The lowest BCUT2D eigenvalue weighted by molar-refractivity contribution is -0.122. The zero-order valence-corrected chi connectivity index (χ0v) is 23.2. The molecule has 0 spiro atoms. The number of carbonyl (C=O) groups excluding carboxylic acids is 3. The molecule has 1 saturated heterocycles. The zero-order chi connectivity index (χ0) is 28.7. The van der Waals surface area contributed by atoms with E-state index in [0.717, 1.165) is 27.4 Å². The molecule has 0 saturated carbocycles. The second kappa shape index (κ2) is 8.48. The number of carbonyl (C=O) groups is 3. The largest absolute Gasteiger partial charge is 0.324 e. The Morgan fingerprint density at radius 3 is 2.10 bits per heavy atom. The number of hydrogen-bond acceptors (Lipinski definition) is 7. The number of imide groups is 1. The van der Waals surface area contributed by atoms with Crippen molar-refractivity contribution in [2.75, 3.05) is 24.4 Å². The maximum absolute atomic E-state index is 14.2. The highest BCUT2D eigenvalue weighted by atomic mass is 32.1. The van der Waals surface area contributed by atoms with Gasteiger partial charge in [0.25, 0.3) is 11.5 Å². The van der Waals surface area contributed by atoms with Gasteiger partial charge in [0.05, 0.1) is 11.3 Å². The van der Waals surface area contributed by atoms with E-state index in [-0.39, 0.29) is 20.9 Å². The molecule has 7 rings (SSSR count). The Kier molecular flexibility index (Phi) is 5.17. The number of anilines is 1. The van der Waals surface area contributed by atoms with E-state index >= 15 is 0 Å². The molecular weight excluding hydrogens is 540 g/mol. The molecule has 1 aromatic heterocycles. The number of nitrogens with one attached hydrogen (secondary N) is 1. The summed E-state index contributed by atoms with van der Waals surface area (Å²) in [5.41, 5.74) is 2.81. The molecule has 1 N–H and O–H groups in total. The first-order valence-corrected chi connectivity index (χ1v) is 13.8. The van der Waals surface area contributed by atoms with E-state index in [9.17, 15) is 19.2 Å². The Morgan fingerprint density at radius 1 is 0.829 bits per heavy atom. The van der Waals surface area contributed by atoms with Gasteiger partial charge in [0, 0.05) is 37.7 Å². The Balaban J connectivity index is 1.61. The first kappa shape index (κ1) is 25.0. The normalized spacial score (nSPS) is 24.0. The van der Waals surface area contributed by atoms with E-state index in [2.05, 4.69) is 5.43 Å². The van der Waals surface area contributed by atoms with E-state index in [1.54, 1.807) is 48.2 Å². The van der Waals surface area contributed by atoms with Crippen molar-refractivity contribution in [3.63, 3.8) is 0 Å². The van der Waals surface area contributed by atoms with E-state index in [0.29, 0.717) is 11.3 Å². The van der Waals surface area contributed by atoms with Crippen LogP contribution < -0.4 is 25.2 Å². The number of fused-ring (bicyclic) bond motifs is 3. The summed E-state index contributed by atoms with van der Waals surface area (Å²) in [5, 5.41) is 0. The Bertz CT molecular complexity index is 1970. The van der Waals surface area contributed by atoms with Gasteiger partial charge < -0.3 is 0 Å². The number of likely N-dealkylation sites (N-methyl/N-ethyl adjacent to an activating group) is 2. The predicted molar refractivity (Wildman–Crippen MR) is 153 cm³/mol. The van der Waals surface area contributed by atoms with Crippen LogP contribution in [0.1, 0.15) is 23.6 Å². The van der Waals surface area contributed by atoms with Crippen molar-refractivity contribution in [3.8, 4) is 0 Å². The lowest BCUT2D eigenvalue weighted by Gasteiger charge is -2.49. The molecule has 2 atom stereocenters. The van der Waals surface area contributed by atoms with E-state index < -0.39 is 28.7 Å². The quantitative estimate of drug-likeness (QED) is 0.400. The van der Waals surface area contributed by atoms with Crippen LogP contribution in [-0.4, -0.2) is 46.4 Å². The van der Waals surface area contributed by atoms with E-state index in [1.807, 2.05) is 60.7 Å². The first-order valence-electron chi connectivity index (χ1n) is 13.0. The highest BCUT2D eigenvalue weighted by Crippen LogP contribution is 2.53. The van der Waals surface area contributed by atoms with Crippen LogP contribution in [0, 0.1) is 0 Å². The molecular formula is C30H24N6O4S. The van der Waals surface area contributed by atoms with Crippen molar-refractivity contribution < 1.29 is 14.4 Å². The van der Waals surface area contributed by atoms with Crippen molar-refractivity contribution >= 4 is 40.4 Å². The summed E-state index contributed by atoms with van der Waals surface area (Å²) in [6, 6.07) is 25.5. The molecule has 3 aromatic carbocycles. The Hall–Kier alpha value is -5.03. The Labute approximate surface area is 238 Å². The molecule has 10 nitrogen and oxygen atoms in total. The second-order valence-corrected chi connectivity index (χ2v) is 11.1. The minimum Gasteiger partial charge on any atom is -0.295 e. The molecule has 3 aliphatic heterocycles. The maximum Gasteiger partial charge on any atom is 0.324 e. The minimum atomic E-state index is -1.33. The van der Waals surface area contributed by atoms with Gasteiger partial charge in [0.2, 0.25) is 22.0 Å². The highest BCUT2D eigenvalue weighted by molar-refractivity contribution is 7.07. The lowest BCUT2D eigenvalue weighted by atomic mass is 9.80. The second-order valence-electron chi connectivity index (χ2n) is 10.1. The molecule has 41 heavy (non-hydrogen) atoms. The van der Waals surface area contributed by atoms with Crippen molar-refractivity contribution in [2.45, 2.75) is 18.2 Å². The van der Waals surface area contributed by atoms with E-state index in [4.69, 9.17) is 4.99 Å². The zero-order valence-electron chi connectivity index (χ0n) is 22.4. The van der Waals surface area contributed by atoms with Crippen molar-refractivity contribution in [3.05, 3.63) is 121 Å². The molecule has 204 valence electrons. The number of benzene rings is 3. The molecule has 11 heteroatoms. The summed E-state index contributed by atoms with van der Waals surface area (Å²) in [4.78, 5) is 63.6. The molecule has 3 aliphatic rings. The van der Waals surface area contributed by atoms with Gasteiger partial charge in [0.1, 0.15) is 4.53 Å². The van der Waals surface area contributed by atoms with Gasteiger partial charge in [-0.25, -0.2) is 14.7 Å². The fourth-order valence-electron chi connectivity index (χ4n) is 6.32. The van der Waals surface area contributed by atoms with Crippen LogP contribution in [0.5, 0.6) is 0 Å². The average molecular weight is 565 g/mol. The number of aromatic nitrogens is 1. The molecule has 2 unspecified atom stereocenters. The van der Waals surface area contributed by atoms with Crippen LogP contribution in [0.25, 0.3) is 5.57 Å². The molecule has 0 radical (unpaired) electrons. The van der Waals surface area contributed by atoms with Gasteiger partial charge in [-0.3, -0.25) is 29.6 Å². The summed E-state index contributed by atoms with van der Waals surface area (Å²) in [7, 11) is 3.37. The third-order valence-corrected chi connectivity index (χ3v) is 9.16. The molecule has 4 aromatic rings. The summed E-state index contributed by atoms with van der Waals surface area (Å²) in [6.45, 7) is 1.32. The van der Waals surface area contributed by atoms with Crippen LogP contribution in [0.2, 0.25) is 0 Å². The van der Waals surface area contributed by atoms with Gasteiger partial charge in [0.15, 0.2) is 0 Å². The molecule has 0 aliphatic carbocycles. The maximum atomic E-state index is 14.2. The minimum absolute atomic E-state index is 0.148. The van der Waals surface area contributed by atoms with Crippen molar-refractivity contribution in [1.82, 2.24) is 14.5 Å². The highest BCUT2D eigenvalue weighted by Gasteiger charge is 2.69. The number of urea groups is 1. The van der Waals surface area contributed by atoms with E-state index in [1.165, 1.54) is 11.6 Å². The third-order valence-electron chi connectivity index (χ3n) is 8.12. The monoisotopic (exact) mass is 564 g/mol. The topological polar surface area (TPSA) is 107 Å². The molecule has 4 heterocycles. The third kappa shape index (κ3) is 2.98. The summed E-state index contributed by atoms with van der Waals surface area (Å²) < 4.78 is 1.47. The fraction of sp³-hybridized carbons (Fsp3) is 0.167. The number of amides is 4.